The van der Waals surface area contributed by atoms with Gasteiger partial charge in [-0.05, 0) is 18.2 Å². The predicted molar refractivity (Wildman–Crippen MR) is 101 cm³/mol. The van der Waals surface area contributed by atoms with E-state index in [0.29, 0.717) is 19.0 Å². The number of carbonyl (C=O) groups excluding carboxylic acids is 1. The third-order valence-corrected chi connectivity index (χ3v) is 6.95. The Kier molecular flexibility index (Phi) is 4.47. The molecule has 0 aliphatic carbocycles. The number of amides is 1. The molecule has 26 heavy (non-hydrogen) atoms. The molecule has 3 aromatic rings. The summed E-state index contributed by atoms with van der Waals surface area (Å²) in [6, 6.07) is 8.77. The molecular formula is C16H17N5O3S2. The van der Waals surface area contributed by atoms with Crippen molar-refractivity contribution in [2.24, 2.45) is 0 Å². The van der Waals surface area contributed by atoms with Gasteiger partial charge in [0.25, 0.3) is 5.91 Å². The Labute approximate surface area is 154 Å². The van der Waals surface area contributed by atoms with Gasteiger partial charge in [-0.1, -0.05) is 12.1 Å². The van der Waals surface area contributed by atoms with Gasteiger partial charge >= 0.3 is 0 Å². The third-order valence-electron chi connectivity index (χ3n) is 4.13. The number of anilines is 1. The number of thioether (sulfide) groups is 1. The molecule has 8 nitrogen and oxygen atoms in total. The standard InChI is InChI=1S/C16H17N5O3S2/c22-15(20-16-18-12-3-1-2-4-13(12)19-16)14-9-11(10-17-14)26(23,24)21-5-7-25-8-6-21/h1-4,9-10,17H,5-8H2,(H2,18,19,20,22). The van der Waals surface area contributed by atoms with Gasteiger partial charge in [-0.3, -0.25) is 10.1 Å². The minimum Gasteiger partial charge on any atom is -0.356 e. The van der Waals surface area contributed by atoms with Gasteiger partial charge in [0.15, 0.2) is 0 Å². The summed E-state index contributed by atoms with van der Waals surface area (Å²) in [7, 11) is -3.58. The van der Waals surface area contributed by atoms with E-state index in [9.17, 15) is 13.2 Å². The van der Waals surface area contributed by atoms with E-state index in [1.54, 1.807) is 11.8 Å². The summed E-state index contributed by atoms with van der Waals surface area (Å²) in [4.78, 5) is 22.5. The Balaban J connectivity index is 1.52. The van der Waals surface area contributed by atoms with E-state index in [-0.39, 0.29) is 10.6 Å². The second-order valence-corrected chi connectivity index (χ2v) is 8.98. The Morgan fingerprint density at radius 2 is 2.00 bits per heavy atom. The van der Waals surface area contributed by atoms with Crippen LogP contribution in [0.2, 0.25) is 0 Å². The molecule has 3 N–H and O–H groups in total. The topological polar surface area (TPSA) is 111 Å². The lowest BCUT2D eigenvalue weighted by atomic mass is 10.3. The largest absolute Gasteiger partial charge is 0.356 e. The van der Waals surface area contributed by atoms with Crippen LogP contribution in [-0.4, -0.2) is 58.2 Å². The number of nitrogens with zero attached hydrogens (tertiary/aromatic N) is 2. The van der Waals surface area contributed by atoms with Crippen molar-refractivity contribution in [2.75, 3.05) is 29.9 Å². The second kappa shape index (κ2) is 6.78. The van der Waals surface area contributed by atoms with E-state index < -0.39 is 15.9 Å². The van der Waals surface area contributed by atoms with Crippen molar-refractivity contribution >= 4 is 44.7 Å². The Hall–Kier alpha value is -2.30. The highest BCUT2D eigenvalue weighted by Gasteiger charge is 2.27. The molecule has 1 amide bonds. The maximum Gasteiger partial charge on any atom is 0.274 e. The third kappa shape index (κ3) is 3.22. The van der Waals surface area contributed by atoms with Crippen LogP contribution >= 0.6 is 11.8 Å². The van der Waals surface area contributed by atoms with Gasteiger partial charge in [-0.25, -0.2) is 13.4 Å². The second-order valence-electron chi connectivity index (χ2n) is 5.82. The van der Waals surface area contributed by atoms with Crippen LogP contribution in [0.3, 0.4) is 0 Å². The van der Waals surface area contributed by atoms with E-state index in [1.807, 2.05) is 24.3 Å². The predicted octanol–water partition coefficient (Wildman–Crippen LogP) is 1.88. The van der Waals surface area contributed by atoms with Gasteiger partial charge in [-0.2, -0.15) is 16.1 Å². The van der Waals surface area contributed by atoms with Crippen molar-refractivity contribution < 1.29 is 13.2 Å². The van der Waals surface area contributed by atoms with Crippen molar-refractivity contribution in [3.05, 3.63) is 42.2 Å². The number of para-hydroxylation sites is 2. The van der Waals surface area contributed by atoms with Gasteiger partial charge in [0, 0.05) is 30.8 Å². The van der Waals surface area contributed by atoms with Crippen LogP contribution in [0.5, 0.6) is 0 Å². The highest BCUT2D eigenvalue weighted by atomic mass is 32.2. The molecule has 0 saturated carbocycles. The first-order chi connectivity index (χ1) is 12.5. The zero-order valence-electron chi connectivity index (χ0n) is 13.7. The number of hydrogen-bond donors (Lipinski definition) is 3. The van der Waals surface area contributed by atoms with E-state index in [0.717, 1.165) is 22.5 Å². The number of hydrogen-bond acceptors (Lipinski definition) is 5. The molecule has 0 spiro atoms. The minimum atomic E-state index is -3.58. The maximum absolute atomic E-state index is 12.6. The normalized spacial score (nSPS) is 16.0. The quantitative estimate of drug-likeness (QED) is 0.629. The molecule has 1 aliphatic heterocycles. The average Bonchev–Trinajstić information content (AvgIpc) is 3.29. The Morgan fingerprint density at radius 1 is 1.23 bits per heavy atom. The van der Waals surface area contributed by atoms with Crippen LogP contribution in [0, 0.1) is 0 Å². The number of aromatic nitrogens is 3. The highest BCUT2D eigenvalue weighted by molar-refractivity contribution is 7.99. The van der Waals surface area contributed by atoms with Crippen LogP contribution < -0.4 is 5.32 Å². The van der Waals surface area contributed by atoms with E-state index in [4.69, 9.17) is 0 Å². The molecule has 136 valence electrons. The molecule has 4 rings (SSSR count). The molecule has 3 heterocycles. The van der Waals surface area contributed by atoms with Crippen molar-refractivity contribution in [3.63, 3.8) is 0 Å². The fourth-order valence-corrected chi connectivity index (χ4v) is 5.35. The van der Waals surface area contributed by atoms with E-state index >= 15 is 0 Å². The smallest absolute Gasteiger partial charge is 0.274 e. The molecule has 0 radical (unpaired) electrons. The number of H-pyrrole nitrogens is 2. The first kappa shape index (κ1) is 17.1. The fraction of sp³-hybridized carbons (Fsp3) is 0.250. The molecule has 1 aromatic carbocycles. The number of aromatic amines is 2. The van der Waals surface area contributed by atoms with Crippen LogP contribution in [-0.2, 0) is 10.0 Å². The van der Waals surface area contributed by atoms with Crippen molar-refractivity contribution in [3.8, 4) is 0 Å². The fourth-order valence-electron chi connectivity index (χ4n) is 2.78. The van der Waals surface area contributed by atoms with Crippen LogP contribution in [0.1, 0.15) is 10.5 Å². The minimum absolute atomic E-state index is 0.0964. The lowest BCUT2D eigenvalue weighted by Crippen LogP contribution is -2.37. The summed E-state index contributed by atoms with van der Waals surface area (Å²) in [5.41, 5.74) is 1.71. The zero-order chi connectivity index (χ0) is 18.1. The van der Waals surface area contributed by atoms with Gasteiger partial charge in [0.05, 0.1) is 11.0 Å². The molecule has 10 heteroatoms. The number of carbonyl (C=O) groups is 1. The first-order valence-corrected chi connectivity index (χ1v) is 10.7. The summed E-state index contributed by atoms with van der Waals surface area (Å²) < 4.78 is 26.7. The molecule has 1 fully saturated rings. The summed E-state index contributed by atoms with van der Waals surface area (Å²) in [6.45, 7) is 0.970. The van der Waals surface area contributed by atoms with Crippen LogP contribution in [0.15, 0.2) is 41.4 Å². The molecule has 0 bridgehead atoms. The number of rotatable bonds is 4. The highest BCUT2D eigenvalue weighted by Crippen LogP contribution is 2.21. The van der Waals surface area contributed by atoms with Gasteiger partial charge in [0.1, 0.15) is 10.6 Å². The monoisotopic (exact) mass is 391 g/mol. The van der Waals surface area contributed by atoms with Crippen LogP contribution in [0.4, 0.5) is 5.95 Å². The number of benzene rings is 1. The molecule has 0 unspecified atom stereocenters. The van der Waals surface area contributed by atoms with Gasteiger partial charge in [-0.15, -0.1) is 0 Å². The maximum atomic E-state index is 12.6. The van der Waals surface area contributed by atoms with Crippen molar-refractivity contribution in [1.29, 1.82) is 0 Å². The Morgan fingerprint density at radius 3 is 2.77 bits per heavy atom. The average molecular weight is 391 g/mol. The number of imidazole rings is 1. The summed E-state index contributed by atoms with van der Waals surface area (Å²) in [5.74, 6) is 1.41. The summed E-state index contributed by atoms with van der Waals surface area (Å²) in [6.07, 6.45) is 1.35. The van der Waals surface area contributed by atoms with Gasteiger partial charge < -0.3 is 9.97 Å². The number of fused-ring (bicyclic) bond motifs is 1. The van der Waals surface area contributed by atoms with Crippen LogP contribution in [0.25, 0.3) is 11.0 Å². The Bertz CT molecular complexity index is 1020. The lowest BCUT2D eigenvalue weighted by molar-refractivity contribution is 0.102. The molecule has 1 saturated heterocycles. The summed E-state index contributed by atoms with van der Waals surface area (Å²) in [5, 5.41) is 2.64. The van der Waals surface area contributed by atoms with E-state index in [2.05, 4.69) is 20.3 Å². The zero-order valence-corrected chi connectivity index (χ0v) is 15.4. The molecule has 2 aromatic heterocycles. The summed E-state index contributed by atoms with van der Waals surface area (Å²) >= 11 is 1.73. The molecular weight excluding hydrogens is 374 g/mol. The lowest BCUT2D eigenvalue weighted by Gasteiger charge is -2.24. The van der Waals surface area contributed by atoms with Crippen molar-refractivity contribution in [1.82, 2.24) is 19.3 Å². The number of nitrogens with one attached hydrogen (secondary N) is 3. The molecule has 0 atom stereocenters. The van der Waals surface area contributed by atoms with E-state index in [1.165, 1.54) is 16.6 Å². The SMILES string of the molecule is O=C(Nc1nc2ccccc2[nH]1)c1cc(S(=O)(=O)N2CCSCC2)c[nH]1. The molecule has 1 aliphatic rings. The van der Waals surface area contributed by atoms with Crippen molar-refractivity contribution in [2.45, 2.75) is 4.90 Å². The van der Waals surface area contributed by atoms with Gasteiger partial charge in [0.2, 0.25) is 16.0 Å². The number of sulfonamides is 1. The first-order valence-electron chi connectivity index (χ1n) is 8.06.